The Kier molecular flexibility index (Phi) is 7.92. The Labute approximate surface area is 113 Å². The van der Waals surface area contributed by atoms with Crippen LogP contribution in [0.3, 0.4) is 0 Å². The summed E-state index contributed by atoms with van der Waals surface area (Å²) in [5.41, 5.74) is 0.348. The second kappa shape index (κ2) is 8.92. The molecule has 1 rings (SSSR count). The molecule has 0 aromatic carbocycles. The molecule has 1 atom stereocenters. The van der Waals surface area contributed by atoms with E-state index in [1.165, 1.54) is 44.9 Å². The molecule has 108 valence electrons. The van der Waals surface area contributed by atoms with Gasteiger partial charge in [0, 0.05) is 12.0 Å². The molecule has 0 spiro atoms. The Balaban J connectivity index is 2.07. The van der Waals surface area contributed by atoms with Crippen LogP contribution < -0.4 is 0 Å². The highest BCUT2D eigenvalue weighted by molar-refractivity contribution is 4.84. The number of hydrogen-bond donors (Lipinski definition) is 0. The van der Waals surface area contributed by atoms with Gasteiger partial charge in [-0.1, -0.05) is 52.9 Å². The first-order valence-electron chi connectivity index (χ1n) is 7.91. The SMILES string of the molecule is CCCCCCC(CC)COCC1(CC)COC1. The molecule has 1 unspecified atom stereocenters. The fourth-order valence-corrected chi connectivity index (χ4v) is 2.49. The predicted octanol–water partition coefficient (Wildman–Crippen LogP) is 4.43. The van der Waals surface area contributed by atoms with Crippen LogP contribution >= 0.6 is 0 Å². The van der Waals surface area contributed by atoms with E-state index >= 15 is 0 Å². The summed E-state index contributed by atoms with van der Waals surface area (Å²) in [6, 6.07) is 0. The van der Waals surface area contributed by atoms with Gasteiger partial charge in [-0.2, -0.15) is 0 Å². The van der Waals surface area contributed by atoms with Gasteiger partial charge >= 0.3 is 0 Å². The minimum atomic E-state index is 0.348. The summed E-state index contributed by atoms with van der Waals surface area (Å²) in [6.07, 6.45) is 9.24. The van der Waals surface area contributed by atoms with Crippen LogP contribution in [0.15, 0.2) is 0 Å². The second-order valence-electron chi connectivity index (χ2n) is 5.99. The standard InChI is InChI=1S/C16H32O2/c1-4-7-8-9-10-15(5-2)11-17-12-16(6-3)13-18-14-16/h15H,4-14H2,1-3H3. The van der Waals surface area contributed by atoms with Crippen LogP contribution in [-0.4, -0.2) is 26.4 Å². The molecule has 1 aliphatic heterocycles. The van der Waals surface area contributed by atoms with Crippen LogP contribution in [0, 0.1) is 11.3 Å². The van der Waals surface area contributed by atoms with E-state index < -0.39 is 0 Å². The van der Waals surface area contributed by atoms with Crippen molar-refractivity contribution >= 4 is 0 Å². The van der Waals surface area contributed by atoms with Crippen LogP contribution in [0.25, 0.3) is 0 Å². The van der Waals surface area contributed by atoms with E-state index in [9.17, 15) is 0 Å². The molecule has 0 amide bonds. The lowest BCUT2D eigenvalue weighted by atomic mass is 9.84. The summed E-state index contributed by atoms with van der Waals surface area (Å²) in [6.45, 7) is 10.4. The van der Waals surface area contributed by atoms with Crippen molar-refractivity contribution < 1.29 is 9.47 Å². The third-order valence-corrected chi connectivity index (χ3v) is 4.37. The summed E-state index contributed by atoms with van der Waals surface area (Å²) >= 11 is 0. The zero-order chi connectivity index (χ0) is 13.3. The highest BCUT2D eigenvalue weighted by Gasteiger charge is 2.37. The zero-order valence-electron chi connectivity index (χ0n) is 12.7. The van der Waals surface area contributed by atoms with E-state index in [-0.39, 0.29) is 0 Å². The summed E-state index contributed by atoms with van der Waals surface area (Å²) in [7, 11) is 0. The van der Waals surface area contributed by atoms with Gasteiger partial charge in [-0.15, -0.1) is 0 Å². The maximum atomic E-state index is 5.96. The molecular formula is C16H32O2. The quantitative estimate of drug-likeness (QED) is 0.509. The Bertz CT molecular complexity index is 194. The lowest BCUT2D eigenvalue weighted by molar-refractivity contribution is -0.152. The van der Waals surface area contributed by atoms with Crippen molar-refractivity contribution in [1.29, 1.82) is 0 Å². The van der Waals surface area contributed by atoms with E-state index in [0.717, 1.165) is 32.3 Å². The predicted molar refractivity (Wildman–Crippen MR) is 76.9 cm³/mol. The number of hydrogen-bond acceptors (Lipinski definition) is 2. The fraction of sp³-hybridized carbons (Fsp3) is 1.00. The number of ether oxygens (including phenoxy) is 2. The molecule has 0 N–H and O–H groups in total. The van der Waals surface area contributed by atoms with Gasteiger partial charge in [0.05, 0.1) is 19.8 Å². The maximum absolute atomic E-state index is 5.96. The van der Waals surface area contributed by atoms with E-state index in [0.29, 0.717) is 5.41 Å². The fourth-order valence-electron chi connectivity index (χ4n) is 2.49. The van der Waals surface area contributed by atoms with Gasteiger partial charge in [-0.05, 0) is 18.8 Å². The van der Waals surface area contributed by atoms with Gasteiger partial charge in [0.25, 0.3) is 0 Å². The first-order chi connectivity index (χ1) is 8.76. The van der Waals surface area contributed by atoms with Gasteiger partial charge < -0.3 is 9.47 Å². The minimum absolute atomic E-state index is 0.348. The smallest absolute Gasteiger partial charge is 0.0566 e. The Morgan fingerprint density at radius 1 is 1.11 bits per heavy atom. The molecule has 2 nitrogen and oxygen atoms in total. The van der Waals surface area contributed by atoms with Crippen molar-refractivity contribution in [1.82, 2.24) is 0 Å². The molecule has 18 heavy (non-hydrogen) atoms. The normalized spacial score (nSPS) is 19.5. The molecule has 1 saturated heterocycles. The molecule has 0 aromatic rings. The lowest BCUT2D eigenvalue weighted by Crippen LogP contribution is -2.46. The monoisotopic (exact) mass is 256 g/mol. The van der Waals surface area contributed by atoms with E-state index in [2.05, 4.69) is 20.8 Å². The molecule has 1 heterocycles. The minimum Gasteiger partial charge on any atom is -0.380 e. The molecule has 1 aliphatic rings. The first-order valence-corrected chi connectivity index (χ1v) is 7.91. The van der Waals surface area contributed by atoms with Gasteiger partial charge in [0.2, 0.25) is 0 Å². The van der Waals surface area contributed by atoms with Crippen LogP contribution in [0.4, 0.5) is 0 Å². The lowest BCUT2D eigenvalue weighted by Gasteiger charge is -2.40. The Morgan fingerprint density at radius 2 is 1.89 bits per heavy atom. The second-order valence-corrected chi connectivity index (χ2v) is 5.99. The van der Waals surface area contributed by atoms with E-state index in [4.69, 9.17) is 9.47 Å². The van der Waals surface area contributed by atoms with E-state index in [1.54, 1.807) is 0 Å². The average Bonchev–Trinajstić information content (AvgIpc) is 2.35. The highest BCUT2D eigenvalue weighted by Crippen LogP contribution is 2.31. The topological polar surface area (TPSA) is 18.5 Å². The van der Waals surface area contributed by atoms with Crippen molar-refractivity contribution in [3.63, 3.8) is 0 Å². The summed E-state index contributed by atoms with van der Waals surface area (Å²) in [5.74, 6) is 0.761. The molecule has 0 bridgehead atoms. The number of rotatable bonds is 11. The van der Waals surface area contributed by atoms with Crippen LogP contribution in [0.2, 0.25) is 0 Å². The molecule has 2 heteroatoms. The summed E-state index contributed by atoms with van der Waals surface area (Å²) in [5, 5.41) is 0. The largest absolute Gasteiger partial charge is 0.380 e. The Morgan fingerprint density at radius 3 is 2.39 bits per heavy atom. The van der Waals surface area contributed by atoms with Crippen molar-refractivity contribution in [3.8, 4) is 0 Å². The van der Waals surface area contributed by atoms with Crippen molar-refractivity contribution in [3.05, 3.63) is 0 Å². The molecule has 0 aromatic heterocycles. The first kappa shape index (κ1) is 16.0. The summed E-state index contributed by atoms with van der Waals surface area (Å²) < 4.78 is 11.3. The molecule has 0 saturated carbocycles. The Hall–Kier alpha value is -0.0800. The third kappa shape index (κ3) is 5.27. The maximum Gasteiger partial charge on any atom is 0.0566 e. The van der Waals surface area contributed by atoms with Crippen LogP contribution in [0.1, 0.15) is 65.7 Å². The molecular weight excluding hydrogens is 224 g/mol. The van der Waals surface area contributed by atoms with Gasteiger partial charge in [-0.25, -0.2) is 0 Å². The number of unbranched alkanes of at least 4 members (excludes halogenated alkanes) is 3. The van der Waals surface area contributed by atoms with E-state index in [1.807, 2.05) is 0 Å². The summed E-state index contributed by atoms with van der Waals surface area (Å²) in [4.78, 5) is 0. The van der Waals surface area contributed by atoms with Gasteiger partial charge in [0.15, 0.2) is 0 Å². The zero-order valence-corrected chi connectivity index (χ0v) is 12.7. The van der Waals surface area contributed by atoms with Crippen molar-refractivity contribution in [2.45, 2.75) is 65.7 Å². The molecule has 1 fully saturated rings. The molecule has 0 aliphatic carbocycles. The van der Waals surface area contributed by atoms with Gasteiger partial charge in [-0.3, -0.25) is 0 Å². The van der Waals surface area contributed by atoms with Gasteiger partial charge in [0.1, 0.15) is 0 Å². The van der Waals surface area contributed by atoms with Crippen LogP contribution in [0.5, 0.6) is 0 Å². The molecule has 0 radical (unpaired) electrons. The average molecular weight is 256 g/mol. The highest BCUT2D eigenvalue weighted by atomic mass is 16.5. The van der Waals surface area contributed by atoms with Crippen molar-refractivity contribution in [2.75, 3.05) is 26.4 Å². The third-order valence-electron chi connectivity index (χ3n) is 4.37. The van der Waals surface area contributed by atoms with Crippen LogP contribution in [-0.2, 0) is 9.47 Å². The van der Waals surface area contributed by atoms with Crippen molar-refractivity contribution in [2.24, 2.45) is 11.3 Å².